The predicted molar refractivity (Wildman–Crippen MR) is 91.6 cm³/mol. The van der Waals surface area contributed by atoms with Crippen LogP contribution in [-0.2, 0) is 14.4 Å². The second-order valence-electron chi connectivity index (χ2n) is 6.71. The topological polar surface area (TPSA) is 145 Å². The van der Waals surface area contributed by atoms with Crippen molar-refractivity contribution in [1.82, 2.24) is 10.2 Å². The lowest BCUT2D eigenvalue weighted by molar-refractivity contribution is -0.140. The van der Waals surface area contributed by atoms with Crippen LogP contribution in [0.25, 0.3) is 0 Å². The summed E-state index contributed by atoms with van der Waals surface area (Å²) in [5, 5.41) is 2.67. The van der Waals surface area contributed by atoms with Gasteiger partial charge in [-0.05, 0) is 38.1 Å². The first-order valence-corrected chi connectivity index (χ1v) is 8.65. The van der Waals surface area contributed by atoms with E-state index < -0.39 is 24.0 Å². The first-order valence-electron chi connectivity index (χ1n) is 8.65. The summed E-state index contributed by atoms with van der Waals surface area (Å²) in [7, 11) is 0. The minimum absolute atomic E-state index is 0.115. The number of nitrogens with one attached hydrogen (secondary N) is 1. The number of nitrogens with zero attached hydrogens (tertiary/aromatic N) is 1. The Labute approximate surface area is 143 Å². The second kappa shape index (κ2) is 9.58. The molecule has 1 rings (SSSR count). The quantitative estimate of drug-likeness (QED) is 0.400. The molecule has 0 aromatic carbocycles. The molecule has 0 unspecified atom stereocenters. The van der Waals surface area contributed by atoms with E-state index in [9.17, 15) is 14.4 Å². The zero-order valence-corrected chi connectivity index (χ0v) is 14.7. The van der Waals surface area contributed by atoms with Gasteiger partial charge in [0.05, 0.1) is 6.04 Å². The number of nitrogens with two attached hydrogens (primary N) is 3. The molecule has 0 saturated carbocycles. The van der Waals surface area contributed by atoms with E-state index >= 15 is 0 Å². The van der Waals surface area contributed by atoms with Gasteiger partial charge in [-0.1, -0.05) is 20.3 Å². The van der Waals surface area contributed by atoms with Gasteiger partial charge in [0.1, 0.15) is 12.1 Å². The highest BCUT2D eigenvalue weighted by molar-refractivity contribution is 5.93. The Morgan fingerprint density at radius 1 is 1.25 bits per heavy atom. The van der Waals surface area contributed by atoms with E-state index in [1.807, 2.05) is 0 Å². The minimum atomic E-state index is -0.742. The van der Waals surface area contributed by atoms with Gasteiger partial charge >= 0.3 is 0 Å². The standard InChI is InChI=1S/C16H31N5O3/c1-10(2)13(14(19)22)20-15(23)12-7-5-9-21(12)16(24)11(18)6-3-4-8-17/h10-13H,3-9,17-18H2,1-2H3,(H2,19,22)(H,20,23)/t11-,12+,13-/m0/s1. The molecule has 0 radical (unpaired) electrons. The summed E-state index contributed by atoms with van der Waals surface area (Å²) in [4.78, 5) is 38.0. The maximum atomic E-state index is 12.5. The van der Waals surface area contributed by atoms with Crippen LogP contribution in [0.1, 0.15) is 46.0 Å². The molecule has 0 aliphatic carbocycles. The van der Waals surface area contributed by atoms with Gasteiger partial charge in [0.2, 0.25) is 17.7 Å². The molecule has 1 saturated heterocycles. The van der Waals surface area contributed by atoms with E-state index in [1.54, 1.807) is 13.8 Å². The Morgan fingerprint density at radius 3 is 2.46 bits per heavy atom. The number of unbranched alkanes of at least 4 members (excludes halogenated alkanes) is 1. The minimum Gasteiger partial charge on any atom is -0.368 e. The molecule has 24 heavy (non-hydrogen) atoms. The van der Waals surface area contributed by atoms with Gasteiger partial charge in [-0.15, -0.1) is 0 Å². The lowest BCUT2D eigenvalue weighted by atomic mass is 10.0. The zero-order valence-electron chi connectivity index (χ0n) is 14.7. The van der Waals surface area contributed by atoms with Crippen LogP contribution in [-0.4, -0.2) is 53.8 Å². The van der Waals surface area contributed by atoms with Gasteiger partial charge < -0.3 is 27.4 Å². The fourth-order valence-corrected chi connectivity index (χ4v) is 2.96. The number of amides is 3. The number of rotatable bonds is 9. The van der Waals surface area contributed by atoms with Crippen LogP contribution in [0.2, 0.25) is 0 Å². The summed E-state index contributed by atoms with van der Waals surface area (Å²) < 4.78 is 0. The third kappa shape index (κ3) is 5.45. The highest BCUT2D eigenvalue weighted by Crippen LogP contribution is 2.20. The molecule has 3 atom stereocenters. The third-order valence-corrected chi connectivity index (χ3v) is 4.40. The Balaban J connectivity index is 2.68. The normalized spacial score (nSPS) is 20.0. The Hall–Kier alpha value is -1.67. The SMILES string of the molecule is CC(C)[C@H](NC(=O)[C@H]1CCCN1C(=O)[C@@H](N)CCCCN)C(N)=O. The molecular weight excluding hydrogens is 310 g/mol. The van der Waals surface area contributed by atoms with Crippen molar-refractivity contribution in [2.45, 2.75) is 64.1 Å². The number of carbonyl (C=O) groups is 3. The Bertz CT molecular complexity index is 455. The molecule has 1 aliphatic heterocycles. The van der Waals surface area contributed by atoms with Gasteiger partial charge in [-0.3, -0.25) is 14.4 Å². The van der Waals surface area contributed by atoms with Gasteiger partial charge in [0.25, 0.3) is 0 Å². The largest absolute Gasteiger partial charge is 0.368 e. The Kier molecular flexibility index (Phi) is 8.14. The lowest BCUT2D eigenvalue weighted by Crippen LogP contribution is -2.55. The van der Waals surface area contributed by atoms with Gasteiger partial charge in [-0.25, -0.2) is 0 Å². The van der Waals surface area contributed by atoms with Crippen molar-refractivity contribution in [2.75, 3.05) is 13.1 Å². The van der Waals surface area contributed by atoms with Crippen LogP contribution in [0, 0.1) is 5.92 Å². The number of hydrogen-bond donors (Lipinski definition) is 4. The smallest absolute Gasteiger partial charge is 0.243 e. The maximum absolute atomic E-state index is 12.5. The summed E-state index contributed by atoms with van der Waals surface area (Å²) in [6.07, 6.45) is 3.46. The van der Waals surface area contributed by atoms with Crippen LogP contribution in [0.15, 0.2) is 0 Å². The lowest BCUT2D eigenvalue weighted by Gasteiger charge is -2.28. The van der Waals surface area contributed by atoms with E-state index in [-0.39, 0.29) is 17.7 Å². The van der Waals surface area contributed by atoms with Crippen LogP contribution >= 0.6 is 0 Å². The summed E-state index contributed by atoms with van der Waals surface area (Å²) in [6, 6.07) is -1.95. The van der Waals surface area contributed by atoms with Crippen molar-refractivity contribution >= 4 is 17.7 Å². The molecule has 3 amide bonds. The monoisotopic (exact) mass is 341 g/mol. The number of hydrogen-bond acceptors (Lipinski definition) is 5. The molecule has 8 nitrogen and oxygen atoms in total. The highest BCUT2D eigenvalue weighted by Gasteiger charge is 2.37. The van der Waals surface area contributed by atoms with Gasteiger partial charge in [0, 0.05) is 6.54 Å². The van der Waals surface area contributed by atoms with Crippen molar-refractivity contribution < 1.29 is 14.4 Å². The fourth-order valence-electron chi connectivity index (χ4n) is 2.96. The van der Waals surface area contributed by atoms with E-state index in [0.717, 1.165) is 19.3 Å². The van der Waals surface area contributed by atoms with Crippen LogP contribution in [0.5, 0.6) is 0 Å². The van der Waals surface area contributed by atoms with Crippen molar-refractivity contribution in [3.8, 4) is 0 Å². The molecule has 0 aromatic heterocycles. The number of carbonyl (C=O) groups excluding carboxylic acids is 3. The maximum Gasteiger partial charge on any atom is 0.243 e. The predicted octanol–water partition coefficient (Wildman–Crippen LogP) is -0.940. The van der Waals surface area contributed by atoms with Crippen molar-refractivity contribution in [1.29, 1.82) is 0 Å². The van der Waals surface area contributed by atoms with Crippen LogP contribution in [0.3, 0.4) is 0 Å². The first kappa shape index (κ1) is 20.4. The first-order chi connectivity index (χ1) is 11.3. The van der Waals surface area contributed by atoms with Crippen molar-refractivity contribution in [2.24, 2.45) is 23.1 Å². The summed E-state index contributed by atoms with van der Waals surface area (Å²) >= 11 is 0. The highest BCUT2D eigenvalue weighted by atomic mass is 16.2. The van der Waals surface area contributed by atoms with Crippen LogP contribution < -0.4 is 22.5 Å². The number of primary amides is 1. The molecule has 8 heteroatoms. The summed E-state index contributed by atoms with van der Waals surface area (Å²) in [5.41, 5.74) is 16.7. The van der Waals surface area contributed by atoms with E-state index in [4.69, 9.17) is 17.2 Å². The van der Waals surface area contributed by atoms with E-state index in [2.05, 4.69) is 5.32 Å². The summed E-state index contributed by atoms with van der Waals surface area (Å²) in [6.45, 7) is 4.69. The molecule has 1 heterocycles. The molecule has 1 aliphatic rings. The van der Waals surface area contributed by atoms with E-state index in [1.165, 1.54) is 4.90 Å². The molecular formula is C16H31N5O3. The fraction of sp³-hybridized carbons (Fsp3) is 0.812. The number of likely N-dealkylation sites (tertiary alicyclic amines) is 1. The second-order valence-corrected chi connectivity index (χ2v) is 6.71. The molecule has 7 N–H and O–H groups in total. The molecule has 138 valence electrons. The van der Waals surface area contributed by atoms with Crippen LogP contribution in [0.4, 0.5) is 0 Å². The zero-order chi connectivity index (χ0) is 18.3. The average molecular weight is 341 g/mol. The molecule has 1 fully saturated rings. The average Bonchev–Trinajstić information content (AvgIpc) is 3.00. The van der Waals surface area contributed by atoms with Crippen molar-refractivity contribution in [3.63, 3.8) is 0 Å². The third-order valence-electron chi connectivity index (χ3n) is 4.40. The van der Waals surface area contributed by atoms with Gasteiger partial charge in [0.15, 0.2) is 0 Å². The van der Waals surface area contributed by atoms with Gasteiger partial charge in [-0.2, -0.15) is 0 Å². The molecule has 0 aromatic rings. The molecule has 0 bridgehead atoms. The summed E-state index contributed by atoms with van der Waals surface area (Å²) in [5.74, 6) is -1.25. The molecule has 0 spiro atoms. The van der Waals surface area contributed by atoms with E-state index in [0.29, 0.717) is 25.9 Å². The van der Waals surface area contributed by atoms with Crippen molar-refractivity contribution in [3.05, 3.63) is 0 Å². The Morgan fingerprint density at radius 2 is 1.92 bits per heavy atom.